The van der Waals surface area contributed by atoms with Gasteiger partial charge in [0.1, 0.15) is 6.61 Å². The van der Waals surface area contributed by atoms with Gasteiger partial charge in [0.25, 0.3) is 0 Å². The van der Waals surface area contributed by atoms with E-state index in [1.54, 1.807) is 6.20 Å². The summed E-state index contributed by atoms with van der Waals surface area (Å²) in [6.07, 6.45) is 1.73. The van der Waals surface area contributed by atoms with E-state index in [0.717, 1.165) is 17.8 Å². The molecule has 0 bridgehead atoms. The van der Waals surface area contributed by atoms with Crippen molar-refractivity contribution >= 4 is 35.6 Å². The highest BCUT2D eigenvalue weighted by atomic mass is 127. The fourth-order valence-corrected chi connectivity index (χ4v) is 2.30. The Hall–Kier alpha value is -1.87. The summed E-state index contributed by atoms with van der Waals surface area (Å²) in [5.41, 5.74) is 9.22. The van der Waals surface area contributed by atoms with Crippen molar-refractivity contribution in [2.24, 2.45) is 10.7 Å². The number of likely N-dealkylation sites (N-methyl/N-ethyl adjacent to an activating group) is 1. The van der Waals surface area contributed by atoms with Crippen molar-refractivity contribution < 1.29 is 4.74 Å². The monoisotopic (exact) mass is 483 g/mol. The molecule has 1 heterocycles. The van der Waals surface area contributed by atoms with Crippen LogP contribution < -0.4 is 15.8 Å². The molecule has 2 aromatic rings. The van der Waals surface area contributed by atoms with Gasteiger partial charge in [0.15, 0.2) is 5.96 Å². The average molecular weight is 483 g/mol. The van der Waals surface area contributed by atoms with Crippen molar-refractivity contribution in [2.45, 2.75) is 26.3 Å². The standard InChI is InChI=1S/C20H29N5O.HI/c1-15(2)17-6-5-7-18(13-17)24-20(21)23-14-16-8-9-22-19(12-16)26-11-10-25(3)4;/h5-9,12-13,15H,10-11,14H2,1-4H3,(H3,21,23,24);1H. The molecule has 0 aliphatic heterocycles. The summed E-state index contributed by atoms with van der Waals surface area (Å²) in [4.78, 5) is 10.7. The molecule has 3 N–H and O–H groups in total. The highest BCUT2D eigenvalue weighted by Gasteiger charge is 2.02. The van der Waals surface area contributed by atoms with Crippen molar-refractivity contribution in [3.8, 4) is 5.88 Å². The van der Waals surface area contributed by atoms with E-state index in [4.69, 9.17) is 10.5 Å². The molecule has 0 fully saturated rings. The van der Waals surface area contributed by atoms with Crippen LogP contribution in [0.1, 0.15) is 30.9 Å². The Labute approximate surface area is 179 Å². The second kappa shape index (κ2) is 11.8. The minimum atomic E-state index is 0. The van der Waals surface area contributed by atoms with Crippen LogP contribution in [0, 0.1) is 0 Å². The van der Waals surface area contributed by atoms with Crippen LogP contribution in [-0.4, -0.2) is 43.1 Å². The molecule has 6 nitrogen and oxygen atoms in total. The predicted octanol–water partition coefficient (Wildman–Crippen LogP) is 3.69. The molecular weight excluding hydrogens is 453 g/mol. The van der Waals surface area contributed by atoms with Gasteiger partial charge in [-0.25, -0.2) is 9.98 Å². The van der Waals surface area contributed by atoms with E-state index in [1.165, 1.54) is 5.56 Å². The van der Waals surface area contributed by atoms with Crippen LogP contribution >= 0.6 is 24.0 Å². The zero-order valence-electron chi connectivity index (χ0n) is 16.5. The molecule has 0 spiro atoms. The molecule has 148 valence electrons. The van der Waals surface area contributed by atoms with Gasteiger partial charge in [-0.2, -0.15) is 0 Å². The molecule has 0 amide bonds. The number of halogens is 1. The number of pyridine rings is 1. The highest BCUT2D eigenvalue weighted by molar-refractivity contribution is 14.0. The number of ether oxygens (including phenoxy) is 1. The van der Waals surface area contributed by atoms with Crippen LogP contribution in [0.3, 0.4) is 0 Å². The summed E-state index contributed by atoms with van der Waals surface area (Å²) < 4.78 is 5.65. The number of nitrogens with two attached hydrogens (primary N) is 1. The second-order valence-electron chi connectivity index (χ2n) is 6.76. The lowest BCUT2D eigenvalue weighted by molar-refractivity contribution is 0.253. The summed E-state index contributed by atoms with van der Waals surface area (Å²) >= 11 is 0. The minimum absolute atomic E-state index is 0. The zero-order chi connectivity index (χ0) is 18.9. The number of benzene rings is 1. The van der Waals surface area contributed by atoms with Gasteiger partial charge < -0.3 is 20.7 Å². The fraction of sp³-hybridized carbons (Fsp3) is 0.400. The van der Waals surface area contributed by atoms with E-state index in [2.05, 4.69) is 46.2 Å². The van der Waals surface area contributed by atoms with Gasteiger partial charge in [-0.3, -0.25) is 0 Å². The Morgan fingerprint density at radius 3 is 2.74 bits per heavy atom. The first-order valence-electron chi connectivity index (χ1n) is 8.83. The fourth-order valence-electron chi connectivity index (χ4n) is 2.30. The third-order valence-electron chi connectivity index (χ3n) is 3.85. The first-order valence-corrected chi connectivity index (χ1v) is 8.83. The normalized spacial score (nSPS) is 11.4. The van der Waals surface area contributed by atoms with Crippen LogP contribution in [0.25, 0.3) is 0 Å². The van der Waals surface area contributed by atoms with E-state index in [-0.39, 0.29) is 24.0 Å². The largest absolute Gasteiger partial charge is 0.476 e. The molecule has 1 aromatic heterocycles. The number of hydrogen-bond donors (Lipinski definition) is 2. The van der Waals surface area contributed by atoms with Gasteiger partial charge in [-0.05, 0) is 49.3 Å². The number of hydrogen-bond acceptors (Lipinski definition) is 4. The molecule has 27 heavy (non-hydrogen) atoms. The summed E-state index contributed by atoms with van der Waals surface area (Å²) in [6.45, 7) is 6.24. The number of aromatic nitrogens is 1. The molecule has 0 atom stereocenters. The number of rotatable bonds is 8. The SMILES string of the molecule is CC(C)c1cccc(NC(N)=NCc2ccnc(OCCN(C)C)c2)c1.I. The number of aliphatic imine (C=N–C) groups is 1. The molecule has 2 rings (SSSR count). The molecule has 0 unspecified atom stereocenters. The molecule has 7 heteroatoms. The van der Waals surface area contributed by atoms with Gasteiger partial charge in [0, 0.05) is 24.5 Å². The summed E-state index contributed by atoms with van der Waals surface area (Å²) in [5, 5.41) is 3.14. The second-order valence-corrected chi connectivity index (χ2v) is 6.76. The van der Waals surface area contributed by atoms with Gasteiger partial charge >= 0.3 is 0 Å². The number of anilines is 1. The van der Waals surface area contributed by atoms with E-state index in [1.807, 2.05) is 38.4 Å². The molecule has 0 saturated heterocycles. The Bertz CT molecular complexity index is 734. The van der Waals surface area contributed by atoms with E-state index >= 15 is 0 Å². The van der Waals surface area contributed by atoms with Crippen molar-refractivity contribution in [3.05, 3.63) is 53.7 Å². The first kappa shape index (κ1) is 23.2. The highest BCUT2D eigenvalue weighted by Crippen LogP contribution is 2.18. The van der Waals surface area contributed by atoms with Gasteiger partial charge in [-0.15, -0.1) is 24.0 Å². The molecule has 0 aliphatic rings. The maximum Gasteiger partial charge on any atom is 0.213 e. The van der Waals surface area contributed by atoms with E-state index in [0.29, 0.717) is 30.9 Å². The maximum atomic E-state index is 6.02. The topological polar surface area (TPSA) is 75.8 Å². The predicted molar refractivity (Wildman–Crippen MR) is 123 cm³/mol. The van der Waals surface area contributed by atoms with Gasteiger partial charge in [-0.1, -0.05) is 26.0 Å². The van der Waals surface area contributed by atoms with Crippen LogP contribution in [0.5, 0.6) is 5.88 Å². The van der Waals surface area contributed by atoms with Crippen LogP contribution in [-0.2, 0) is 6.54 Å². The van der Waals surface area contributed by atoms with Crippen LogP contribution in [0.2, 0.25) is 0 Å². The summed E-state index contributed by atoms with van der Waals surface area (Å²) in [7, 11) is 4.02. The lowest BCUT2D eigenvalue weighted by Gasteiger charge is -2.11. The lowest BCUT2D eigenvalue weighted by Crippen LogP contribution is -2.22. The number of nitrogens with one attached hydrogen (secondary N) is 1. The maximum absolute atomic E-state index is 6.02. The number of nitrogens with zero attached hydrogens (tertiary/aromatic N) is 3. The number of guanidine groups is 1. The molecule has 1 aromatic carbocycles. The van der Waals surface area contributed by atoms with E-state index < -0.39 is 0 Å². The van der Waals surface area contributed by atoms with Crippen LogP contribution in [0.4, 0.5) is 5.69 Å². The lowest BCUT2D eigenvalue weighted by atomic mass is 10.0. The smallest absolute Gasteiger partial charge is 0.213 e. The first-order chi connectivity index (χ1) is 12.4. The third-order valence-corrected chi connectivity index (χ3v) is 3.85. The molecule has 0 aliphatic carbocycles. The third kappa shape index (κ3) is 8.57. The van der Waals surface area contributed by atoms with E-state index in [9.17, 15) is 0 Å². The average Bonchev–Trinajstić information content (AvgIpc) is 2.60. The van der Waals surface area contributed by atoms with Crippen LogP contribution in [0.15, 0.2) is 47.6 Å². The Balaban J connectivity index is 0.00000364. The summed E-state index contributed by atoms with van der Waals surface area (Å²) in [5.74, 6) is 1.46. The van der Waals surface area contributed by atoms with Crippen molar-refractivity contribution in [1.82, 2.24) is 9.88 Å². The molecule has 0 radical (unpaired) electrons. The molecular formula is C20H30IN5O. The van der Waals surface area contributed by atoms with Crippen molar-refractivity contribution in [3.63, 3.8) is 0 Å². The van der Waals surface area contributed by atoms with Gasteiger partial charge in [0.05, 0.1) is 6.54 Å². The molecule has 0 saturated carbocycles. The van der Waals surface area contributed by atoms with Crippen molar-refractivity contribution in [2.75, 3.05) is 32.6 Å². The van der Waals surface area contributed by atoms with Crippen molar-refractivity contribution in [1.29, 1.82) is 0 Å². The Kier molecular flexibility index (Phi) is 10.1. The summed E-state index contributed by atoms with van der Waals surface area (Å²) in [6, 6.07) is 12.0. The Morgan fingerprint density at radius 2 is 2.04 bits per heavy atom. The quantitative estimate of drug-likeness (QED) is 0.340. The Morgan fingerprint density at radius 1 is 1.26 bits per heavy atom. The van der Waals surface area contributed by atoms with Gasteiger partial charge in [0.2, 0.25) is 5.88 Å². The zero-order valence-corrected chi connectivity index (χ0v) is 18.8. The minimum Gasteiger partial charge on any atom is -0.476 e.